The van der Waals surface area contributed by atoms with Gasteiger partial charge in [-0.15, -0.1) is 0 Å². The summed E-state index contributed by atoms with van der Waals surface area (Å²) in [6.45, 7) is 1.69. The lowest BCUT2D eigenvalue weighted by Gasteiger charge is -2.10. The lowest BCUT2D eigenvalue weighted by atomic mass is 10.0. The fraction of sp³-hybridized carbons (Fsp3) is 0.278. The topological polar surface area (TPSA) is 52.1 Å². The lowest BCUT2D eigenvalue weighted by Crippen LogP contribution is -2.26. The molecule has 0 spiro atoms. The van der Waals surface area contributed by atoms with E-state index in [1.165, 1.54) is 0 Å². The van der Waals surface area contributed by atoms with Gasteiger partial charge in [0.1, 0.15) is 6.10 Å². The zero-order valence-corrected chi connectivity index (χ0v) is 13.8. The Labute approximate surface area is 145 Å². The summed E-state index contributed by atoms with van der Waals surface area (Å²) in [6.07, 6.45) is 0.780. The quantitative estimate of drug-likeness (QED) is 0.903. The van der Waals surface area contributed by atoms with Crippen LogP contribution in [0.3, 0.4) is 0 Å². The molecule has 5 nitrogen and oxygen atoms in total. The van der Waals surface area contributed by atoms with Gasteiger partial charge in [-0.3, -0.25) is 0 Å². The molecular weight excluding hydrogens is 328 g/mol. The van der Waals surface area contributed by atoms with Crippen LogP contribution in [0.4, 0.5) is 0 Å². The second-order valence-electron chi connectivity index (χ2n) is 5.76. The van der Waals surface area contributed by atoms with Crippen molar-refractivity contribution in [3.8, 4) is 11.5 Å². The molecule has 0 bridgehead atoms. The molecule has 124 valence electrons. The van der Waals surface area contributed by atoms with Crippen LogP contribution in [0.5, 0.6) is 11.5 Å². The molecule has 2 aromatic carbocycles. The van der Waals surface area contributed by atoms with Crippen molar-refractivity contribution in [2.75, 3.05) is 13.3 Å². The maximum Gasteiger partial charge on any atom is 0.231 e. The number of rotatable bonds is 5. The fourth-order valence-electron chi connectivity index (χ4n) is 2.79. The van der Waals surface area contributed by atoms with Gasteiger partial charge in [0.15, 0.2) is 11.5 Å². The van der Waals surface area contributed by atoms with E-state index in [4.69, 9.17) is 25.9 Å². The Balaban J connectivity index is 1.31. The Morgan fingerprint density at radius 2 is 2.00 bits per heavy atom. The molecule has 1 unspecified atom stereocenters. The van der Waals surface area contributed by atoms with Gasteiger partial charge in [0.05, 0.1) is 5.71 Å². The van der Waals surface area contributed by atoms with E-state index in [2.05, 4.69) is 10.5 Å². The first-order chi connectivity index (χ1) is 11.8. The number of hydrogen-bond donors (Lipinski definition) is 1. The molecule has 0 amide bonds. The van der Waals surface area contributed by atoms with Crippen LogP contribution >= 0.6 is 11.6 Å². The standard InChI is InChI=1S/C18H17ClN2O3/c19-15-4-2-1-3-13(15)9-20-10-14-8-16(21-24-14)12-5-6-17-18(7-12)23-11-22-17/h1-7,14,20H,8-11H2. The monoisotopic (exact) mass is 344 g/mol. The number of hydrogen-bond acceptors (Lipinski definition) is 5. The third-order valence-corrected chi connectivity index (χ3v) is 4.45. The number of fused-ring (bicyclic) bond motifs is 1. The van der Waals surface area contributed by atoms with E-state index in [-0.39, 0.29) is 12.9 Å². The highest BCUT2D eigenvalue weighted by molar-refractivity contribution is 6.31. The normalized spacial score (nSPS) is 18.4. The molecule has 0 fully saturated rings. The molecule has 6 heteroatoms. The SMILES string of the molecule is Clc1ccccc1CNCC1CC(c2ccc3c(c2)OCO3)=NO1. The molecule has 2 heterocycles. The third-order valence-electron chi connectivity index (χ3n) is 4.08. The molecule has 2 aliphatic rings. The van der Waals surface area contributed by atoms with Crippen molar-refractivity contribution in [1.82, 2.24) is 5.32 Å². The average molecular weight is 345 g/mol. The first kappa shape index (κ1) is 15.3. The Morgan fingerprint density at radius 1 is 1.12 bits per heavy atom. The highest BCUT2D eigenvalue weighted by Crippen LogP contribution is 2.33. The number of oxime groups is 1. The Bertz CT molecular complexity index is 779. The number of ether oxygens (including phenoxy) is 2. The van der Waals surface area contributed by atoms with Gasteiger partial charge in [-0.1, -0.05) is 35.0 Å². The molecule has 4 rings (SSSR count). The van der Waals surface area contributed by atoms with Crippen LogP contribution in [0.15, 0.2) is 47.6 Å². The van der Waals surface area contributed by atoms with Gasteiger partial charge in [0.2, 0.25) is 6.79 Å². The van der Waals surface area contributed by atoms with E-state index < -0.39 is 0 Å². The second kappa shape index (κ2) is 6.71. The van der Waals surface area contributed by atoms with E-state index in [0.717, 1.165) is 39.8 Å². The summed E-state index contributed by atoms with van der Waals surface area (Å²) in [5, 5.41) is 8.35. The zero-order chi connectivity index (χ0) is 16.4. The van der Waals surface area contributed by atoms with E-state index in [9.17, 15) is 0 Å². The Kier molecular flexibility index (Phi) is 4.28. The molecule has 0 radical (unpaired) electrons. The maximum absolute atomic E-state index is 6.15. The molecule has 1 N–H and O–H groups in total. The van der Waals surface area contributed by atoms with Crippen molar-refractivity contribution >= 4 is 17.3 Å². The van der Waals surface area contributed by atoms with Crippen LogP contribution in [0.25, 0.3) is 0 Å². The molecule has 2 aromatic rings. The average Bonchev–Trinajstić information content (AvgIpc) is 3.25. The highest BCUT2D eigenvalue weighted by Gasteiger charge is 2.23. The minimum Gasteiger partial charge on any atom is -0.454 e. The van der Waals surface area contributed by atoms with E-state index in [1.54, 1.807) is 0 Å². The minimum absolute atomic E-state index is 0.0212. The number of nitrogens with zero attached hydrogens (tertiary/aromatic N) is 1. The molecule has 0 aromatic heterocycles. The van der Waals surface area contributed by atoms with Crippen molar-refractivity contribution in [3.05, 3.63) is 58.6 Å². The summed E-state index contributed by atoms with van der Waals surface area (Å²) in [6, 6.07) is 13.7. The van der Waals surface area contributed by atoms with Crippen LogP contribution in [0.2, 0.25) is 5.02 Å². The molecule has 0 saturated carbocycles. The van der Waals surface area contributed by atoms with Crippen molar-refractivity contribution in [2.24, 2.45) is 5.16 Å². The smallest absolute Gasteiger partial charge is 0.231 e. The highest BCUT2D eigenvalue weighted by atomic mass is 35.5. The number of halogens is 1. The maximum atomic E-state index is 6.15. The molecule has 2 aliphatic heterocycles. The molecule has 24 heavy (non-hydrogen) atoms. The van der Waals surface area contributed by atoms with Crippen molar-refractivity contribution in [2.45, 2.75) is 19.1 Å². The predicted molar refractivity (Wildman–Crippen MR) is 91.8 cm³/mol. The largest absolute Gasteiger partial charge is 0.454 e. The van der Waals surface area contributed by atoms with Crippen LogP contribution in [-0.2, 0) is 11.4 Å². The first-order valence-electron chi connectivity index (χ1n) is 7.86. The Hall–Kier alpha value is -2.24. The summed E-state index contributed by atoms with van der Waals surface area (Å²) >= 11 is 6.15. The van der Waals surface area contributed by atoms with Gasteiger partial charge in [0.25, 0.3) is 0 Å². The van der Waals surface area contributed by atoms with Gasteiger partial charge < -0.3 is 19.6 Å². The molecule has 0 saturated heterocycles. The molecular formula is C18H17ClN2O3. The van der Waals surface area contributed by atoms with Crippen molar-refractivity contribution in [3.63, 3.8) is 0 Å². The lowest BCUT2D eigenvalue weighted by molar-refractivity contribution is 0.0848. The second-order valence-corrected chi connectivity index (χ2v) is 6.17. The van der Waals surface area contributed by atoms with Gasteiger partial charge in [-0.05, 0) is 29.8 Å². The fourth-order valence-corrected chi connectivity index (χ4v) is 3.00. The van der Waals surface area contributed by atoms with Crippen LogP contribution in [-0.4, -0.2) is 25.2 Å². The first-order valence-corrected chi connectivity index (χ1v) is 8.24. The zero-order valence-electron chi connectivity index (χ0n) is 13.0. The van der Waals surface area contributed by atoms with E-state index in [0.29, 0.717) is 13.1 Å². The summed E-state index contributed by atoms with van der Waals surface area (Å²) in [7, 11) is 0. The Morgan fingerprint density at radius 3 is 2.92 bits per heavy atom. The third kappa shape index (κ3) is 3.18. The van der Waals surface area contributed by atoms with Gasteiger partial charge in [0, 0.05) is 30.1 Å². The van der Waals surface area contributed by atoms with Gasteiger partial charge >= 0.3 is 0 Å². The van der Waals surface area contributed by atoms with Crippen molar-refractivity contribution in [1.29, 1.82) is 0 Å². The predicted octanol–water partition coefficient (Wildman–Crippen LogP) is 3.35. The summed E-state index contributed by atoms with van der Waals surface area (Å²) < 4.78 is 10.7. The van der Waals surface area contributed by atoms with Crippen LogP contribution < -0.4 is 14.8 Å². The van der Waals surface area contributed by atoms with Gasteiger partial charge in [-0.2, -0.15) is 0 Å². The van der Waals surface area contributed by atoms with Crippen LogP contribution in [0.1, 0.15) is 17.5 Å². The molecule has 0 aliphatic carbocycles. The van der Waals surface area contributed by atoms with Crippen LogP contribution in [0, 0.1) is 0 Å². The summed E-state index contributed by atoms with van der Waals surface area (Å²) in [5.74, 6) is 1.53. The van der Waals surface area contributed by atoms with Gasteiger partial charge in [-0.25, -0.2) is 0 Å². The summed E-state index contributed by atoms with van der Waals surface area (Å²) in [5.41, 5.74) is 3.01. The number of benzene rings is 2. The minimum atomic E-state index is 0.0212. The van der Waals surface area contributed by atoms with Crippen molar-refractivity contribution < 1.29 is 14.3 Å². The molecule has 1 atom stereocenters. The number of nitrogens with one attached hydrogen (secondary N) is 1. The van der Waals surface area contributed by atoms with E-state index >= 15 is 0 Å². The van der Waals surface area contributed by atoms with E-state index in [1.807, 2.05) is 42.5 Å². The summed E-state index contributed by atoms with van der Waals surface area (Å²) in [4.78, 5) is 5.53.